The number of nitrogens with zero attached hydrogens (tertiary/aromatic N) is 2. The maximum Gasteiger partial charge on any atom is 0.223 e. The maximum atomic E-state index is 11.9. The van der Waals surface area contributed by atoms with Crippen molar-refractivity contribution in [3.8, 4) is 0 Å². The van der Waals surface area contributed by atoms with Gasteiger partial charge in [0.15, 0.2) is 0 Å². The molecule has 2 fully saturated rings. The van der Waals surface area contributed by atoms with E-state index in [0.29, 0.717) is 5.91 Å². The van der Waals surface area contributed by atoms with Crippen LogP contribution in [-0.4, -0.2) is 59.9 Å². The van der Waals surface area contributed by atoms with Crippen LogP contribution < -0.4 is 0 Å². The van der Waals surface area contributed by atoms with E-state index in [1.807, 2.05) is 16.7 Å². The first kappa shape index (κ1) is 15.2. The number of hydrogen-bond acceptors (Lipinski definition) is 3. The zero-order valence-corrected chi connectivity index (χ0v) is 12.9. The fourth-order valence-electron chi connectivity index (χ4n) is 2.94. The van der Waals surface area contributed by atoms with Gasteiger partial charge in [-0.2, -0.15) is 11.8 Å². The topological polar surface area (TPSA) is 23.6 Å². The molecule has 2 aliphatic rings. The van der Waals surface area contributed by atoms with Crippen LogP contribution in [0.25, 0.3) is 0 Å². The van der Waals surface area contributed by atoms with Gasteiger partial charge in [0.2, 0.25) is 5.91 Å². The van der Waals surface area contributed by atoms with Gasteiger partial charge in [-0.1, -0.05) is 12.8 Å². The number of carbonyl (C=O) groups is 1. The molecule has 3 nitrogen and oxygen atoms in total. The number of likely N-dealkylation sites (tertiary alicyclic amines) is 2. The Labute approximate surface area is 122 Å². The average molecular weight is 284 g/mol. The molecule has 0 spiro atoms. The van der Waals surface area contributed by atoms with E-state index in [1.54, 1.807) is 0 Å². The zero-order valence-electron chi connectivity index (χ0n) is 12.1. The molecule has 0 aliphatic carbocycles. The normalized spacial score (nSPS) is 21.6. The summed E-state index contributed by atoms with van der Waals surface area (Å²) >= 11 is 1.95. The van der Waals surface area contributed by atoms with Crippen LogP contribution >= 0.6 is 11.8 Å². The Hall–Kier alpha value is -0.220. The summed E-state index contributed by atoms with van der Waals surface area (Å²) in [5.74, 6) is 2.57. The predicted molar refractivity (Wildman–Crippen MR) is 82.7 cm³/mol. The quantitative estimate of drug-likeness (QED) is 0.701. The molecule has 2 saturated heterocycles. The third-order valence-electron chi connectivity index (χ3n) is 4.17. The number of hydrogen-bond donors (Lipinski definition) is 0. The van der Waals surface area contributed by atoms with Crippen molar-refractivity contribution in [3.63, 3.8) is 0 Å². The molecule has 110 valence electrons. The summed E-state index contributed by atoms with van der Waals surface area (Å²) in [7, 11) is 0. The van der Waals surface area contributed by atoms with Crippen LogP contribution in [-0.2, 0) is 4.79 Å². The second-order valence-corrected chi connectivity index (χ2v) is 6.93. The molecule has 0 unspecified atom stereocenters. The Morgan fingerprint density at radius 1 is 0.842 bits per heavy atom. The summed E-state index contributed by atoms with van der Waals surface area (Å²) < 4.78 is 0. The fourth-order valence-corrected chi connectivity index (χ4v) is 3.85. The first-order valence-electron chi connectivity index (χ1n) is 7.94. The summed E-state index contributed by atoms with van der Waals surface area (Å²) in [6.07, 6.45) is 8.71. The molecule has 0 bridgehead atoms. The van der Waals surface area contributed by atoms with Crippen molar-refractivity contribution >= 4 is 17.7 Å². The van der Waals surface area contributed by atoms with Crippen LogP contribution in [0.15, 0.2) is 0 Å². The van der Waals surface area contributed by atoms with Crippen LogP contribution in [0, 0.1) is 0 Å². The van der Waals surface area contributed by atoms with E-state index in [1.165, 1.54) is 63.9 Å². The van der Waals surface area contributed by atoms with Crippen LogP contribution in [0.5, 0.6) is 0 Å². The zero-order chi connectivity index (χ0) is 13.3. The molecule has 19 heavy (non-hydrogen) atoms. The van der Waals surface area contributed by atoms with Crippen LogP contribution in [0.2, 0.25) is 0 Å². The van der Waals surface area contributed by atoms with Gasteiger partial charge in [-0.25, -0.2) is 0 Å². The lowest BCUT2D eigenvalue weighted by Gasteiger charge is -2.19. The minimum Gasteiger partial charge on any atom is -0.343 e. The van der Waals surface area contributed by atoms with Crippen LogP contribution in [0.4, 0.5) is 0 Å². The first-order chi connectivity index (χ1) is 9.36. The molecule has 2 aliphatic heterocycles. The van der Waals surface area contributed by atoms with E-state index in [4.69, 9.17) is 0 Å². The number of rotatable bonds is 6. The molecule has 0 radical (unpaired) electrons. The van der Waals surface area contributed by atoms with Crippen molar-refractivity contribution in [2.24, 2.45) is 0 Å². The minimum absolute atomic E-state index is 0.375. The third-order valence-corrected chi connectivity index (χ3v) is 5.13. The molecule has 2 rings (SSSR count). The standard InChI is InChI=1S/C15H28N2OS/c18-15(17-10-5-6-11-17)7-13-19-14-12-16-8-3-1-2-4-9-16/h1-14H2. The van der Waals surface area contributed by atoms with Crippen LogP contribution in [0.1, 0.15) is 44.9 Å². The number of thioether (sulfide) groups is 1. The lowest BCUT2D eigenvalue weighted by molar-refractivity contribution is -0.129. The van der Waals surface area contributed by atoms with E-state index in [2.05, 4.69) is 4.90 Å². The fraction of sp³-hybridized carbons (Fsp3) is 0.933. The Morgan fingerprint density at radius 2 is 1.47 bits per heavy atom. The minimum atomic E-state index is 0.375. The summed E-state index contributed by atoms with van der Waals surface area (Å²) in [5.41, 5.74) is 0. The summed E-state index contributed by atoms with van der Waals surface area (Å²) in [6.45, 7) is 5.78. The Bertz CT molecular complexity index is 259. The molecule has 1 amide bonds. The van der Waals surface area contributed by atoms with Crippen molar-refractivity contribution in [1.82, 2.24) is 9.80 Å². The van der Waals surface area contributed by atoms with Gasteiger partial charge < -0.3 is 9.80 Å². The lowest BCUT2D eigenvalue weighted by Crippen LogP contribution is -2.28. The van der Waals surface area contributed by atoms with Crippen molar-refractivity contribution in [2.75, 3.05) is 44.2 Å². The van der Waals surface area contributed by atoms with E-state index in [9.17, 15) is 4.79 Å². The highest BCUT2D eigenvalue weighted by Crippen LogP contribution is 2.13. The summed E-state index contributed by atoms with van der Waals surface area (Å²) in [6, 6.07) is 0. The van der Waals surface area contributed by atoms with Gasteiger partial charge in [-0.05, 0) is 38.8 Å². The Morgan fingerprint density at radius 3 is 2.16 bits per heavy atom. The smallest absolute Gasteiger partial charge is 0.223 e. The van der Waals surface area contributed by atoms with Gasteiger partial charge in [0, 0.05) is 37.6 Å². The van der Waals surface area contributed by atoms with Crippen molar-refractivity contribution in [3.05, 3.63) is 0 Å². The highest BCUT2D eigenvalue weighted by Gasteiger charge is 2.17. The molecule has 0 atom stereocenters. The van der Waals surface area contributed by atoms with Gasteiger partial charge in [0.05, 0.1) is 0 Å². The highest BCUT2D eigenvalue weighted by molar-refractivity contribution is 7.99. The molecule has 0 saturated carbocycles. The number of carbonyl (C=O) groups excluding carboxylic acids is 1. The second kappa shape index (κ2) is 8.85. The van der Waals surface area contributed by atoms with Gasteiger partial charge in [0.25, 0.3) is 0 Å². The molecule has 0 N–H and O–H groups in total. The van der Waals surface area contributed by atoms with E-state index in [-0.39, 0.29) is 0 Å². The monoisotopic (exact) mass is 284 g/mol. The molecular formula is C15H28N2OS. The van der Waals surface area contributed by atoms with E-state index < -0.39 is 0 Å². The lowest BCUT2D eigenvalue weighted by atomic mass is 10.2. The highest BCUT2D eigenvalue weighted by atomic mass is 32.2. The molecule has 4 heteroatoms. The molecule has 0 aromatic rings. The van der Waals surface area contributed by atoms with E-state index >= 15 is 0 Å². The van der Waals surface area contributed by atoms with Gasteiger partial charge in [0.1, 0.15) is 0 Å². The summed E-state index contributed by atoms with van der Waals surface area (Å²) in [5, 5.41) is 0. The van der Waals surface area contributed by atoms with Crippen molar-refractivity contribution in [1.29, 1.82) is 0 Å². The Balaban J connectivity index is 1.48. The molecule has 0 aromatic carbocycles. The second-order valence-electron chi connectivity index (χ2n) is 5.71. The van der Waals surface area contributed by atoms with Crippen molar-refractivity contribution in [2.45, 2.75) is 44.9 Å². The van der Waals surface area contributed by atoms with Crippen LogP contribution in [0.3, 0.4) is 0 Å². The SMILES string of the molecule is O=C(CCSCCN1CCCCCC1)N1CCCC1. The summed E-state index contributed by atoms with van der Waals surface area (Å²) in [4.78, 5) is 16.5. The van der Waals surface area contributed by atoms with Gasteiger partial charge in [-0.15, -0.1) is 0 Å². The Kier molecular flexibility index (Phi) is 7.07. The largest absolute Gasteiger partial charge is 0.343 e. The first-order valence-corrected chi connectivity index (χ1v) is 9.09. The predicted octanol–water partition coefficient (Wildman–Crippen LogP) is 2.61. The van der Waals surface area contributed by atoms with Gasteiger partial charge >= 0.3 is 0 Å². The average Bonchev–Trinajstić information content (AvgIpc) is 2.83. The maximum absolute atomic E-state index is 11.9. The molecule has 0 aromatic heterocycles. The number of amides is 1. The van der Waals surface area contributed by atoms with E-state index in [0.717, 1.165) is 25.3 Å². The van der Waals surface area contributed by atoms with Gasteiger partial charge in [-0.3, -0.25) is 4.79 Å². The molecule has 2 heterocycles. The molecular weight excluding hydrogens is 256 g/mol. The van der Waals surface area contributed by atoms with Crippen molar-refractivity contribution < 1.29 is 4.79 Å². The third kappa shape index (κ3) is 5.74.